The Morgan fingerprint density at radius 3 is 2.73 bits per heavy atom. The van der Waals surface area contributed by atoms with E-state index in [9.17, 15) is 19.8 Å². The van der Waals surface area contributed by atoms with E-state index in [0.717, 1.165) is 10.8 Å². The summed E-state index contributed by atoms with van der Waals surface area (Å²) in [7, 11) is 0. The first-order chi connectivity index (χ1) is 12.3. The molecule has 0 aromatic heterocycles. The number of rotatable bonds is 3. The first-order valence-electron chi connectivity index (χ1n) is 8.28. The molecule has 0 saturated carbocycles. The van der Waals surface area contributed by atoms with Crippen LogP contribution >= 0.6 is 11.8 Å². The van der Waals surface area contributed by atoms with E-state index in [2.05, 4.69) is 4.99 Å². The molecule has 134 valence electrons. The molecular weight excluding hydrogens is 352 g/mol. The van der Waals surface area contributed by atoms with Crippen molar-refractivity contribution in [3.8, 4) is 5.75 Å². The van der Waals surface area contributed by atoms with Gasteiger partial charge in [-0.3, -0.25) is 9.79 Å². The molecule has 4 rings (SSSR count). The summed E-state index contributed by atoms with van der Waals surface area (Å²) in [4.78, 5) is 29.9. The van der Waals surface area contributed by atoms with Gasteiger partial charge >= 0.3 is 5.97 Å². The normalized spacial score (nSPS) is 26.9. The number of benzene rings is 2. The number of thioether (sulfide) groups is 1. The Morgan fingerprint density at radius 1 is 1.27 bits per heavy atom. The summed E-state index contributed by atoms with van der Waals surface area (Å²) in [5.41, 5.74) is 0.561. The maximum Gasteiger partial charge on any atom is 0.327 e. The van der Waals surface area contributed by atoms with E-state index in [4.69, 9.17) is 0 Å². The number of hydrogen-bond donors (Lipinski definition) is 2. The van der Waals surface area contributed by atoms with Gasteiger partial charge in [-0.2, -0.15) is 0 Å². The van der Waals surface area contributed by atoms with Crippen LogP contribution in [0.25, 0.3) is 10.8 Å². The summed E-state index contributed by atoms with van der Waals surface area (Å²) in [6, 6.07) is 9.58. The smallest absolute Gasteiger partial charge is 0.327 e. The van der Waals surface area contributed by atoms with Crippen LogP contribution in [0.1, 0.15) is 19.4 Å². The van der Waals surface area contributed by atoms with Crippen LogP contribution in [0.2, 0.25) is 0 Å². The van der Waals surface area contributed by atoms with E-state index in [-0.39, 0.29) is 17.0 Å². The lowest BCUT2D eigenvalue weighted by Crippen LogP contribution is -2.64. The Bertz CT molecular complexity index is 956. The van der Waals surface area contributed by atoms with Gasteiger partial charge in [0.05, 0.1) is 0 Å². The number of hydrogen-bond acceptors (Lipinski definition) is 5. The van der Waals surface area contributed by atoms with E-state index in [1.807, 2.05) is 44.2 Å². The molecule has 2 heterocycles. The Morgan fingerprint density at radius 2 is 2.00 bits per heavy atom. The lowest BCUT2D eigenvalue weighted by Gasteiger charge is -2.41. The van der Waals surface area contributed by atoms with Crippen LogP contribution in [0.3, 0.4) is 0 Å². The van der Waals surface area contributed by atoms with Crippen molar-refractivity contribution in [2.45, 2.75) is 36.1 Å². The first kappa shape index (κ1) is 16.9. The molecule has 0 spiro atoms. The van der Waals surface area contributed by atoms with Gasteiger partial charge in [-0.05, 0) is 30.7 Å². The summed E-state index contributed by atoms with van der Waals surface area (Å²) >= 11 is 1.46. The fourth-order valence-corrected chi connectivity index (χ4v) is 5.32. The number of phenolic OH excluding ortho intramolecular Hbond substituents is 1. The number of nitrogens with zero attached hydrogens (tertiary/aromatic N) is 2. The molecule has 2 unspecified atom stereocenters. The number of carboxylic acids is 1. The highest BCUT2D eigenvalue weighted by atomic mass is 32.2. The molecular formula is C19H18N2O4S. The number of carbonyl (C=O) groups is 2. The van der Waals surface area contributed by atoms with Gasteiger partial charge in [-0.25, -0.2) is 4.79 Å². The zero-order chi connectivity index (χ0) is 18.6. The third-order valence-corrected chi connectivity index (χ3v) is 6.52. The van der Waals surface area contributed by atoms with E-state index in [1.165, 1.54) is 22.9 Å². The second-order valence-electron chi connectivity index (χ2n) is 7.04. The molecule has 2 aromatic carbocycles. The Labute approximate surface area is 154 Å². The van der Waals surface area contributed by atoms with Gasteiger partial charge in [0, 0.05) is 16.5 Å². The van der Waals surface area contributed by atoms with E-state index in [1.54, 1.807) is 6.07 Å². The van der Waals surface area contributed by atoms with E-state index in [0.29, 0.717) is 5.56 Å². The maximum atomic E-state index is 12.5. The van der Waals surface area contributed by atoms with Crippen molar-refractivity contribution >= 4 is 40.6 Å². The van der Waals surface area contributed by atoms with Gasteiger partial charge in [0.1, 0.15) is 17.2 Å². The minimum atomic E-state index is -0.993. The average molecular weight is 370 g/mol. The summed E-state index contributed by atoms with van der Waals surface area (Å²) in [6.45, 7) is 3.67. The predicted molar refractivity (Wildman–Crippen MR) is 101 cm³/mol. The van der Waals surface area contributed by atoms with Gasteiger partial charge in [0.25, 0.3) is 5.91 Å². The molecule has 2 N–H and O–H groups in total. The van der Waals surface area contributed by atoms with Crippen molar-refractivity contribution in [2.75, 3.05) is 0 Å². The lowest BCUT2D eigenvalue weighted by molar-refractivity contribution is -0.158. The Hall–Kier alpha value is -2.54. The number of phenols is 1. The fraction of sp³-hybridized carbons (Fsp3) is 0.316. The second-order valence-corrected chi connectivity index (χ2v) is 8.81. The first-order valence-corrected chi connectivity index (χ1v) is 9.16. The standard InChI is InChI=1S/C19H18N2O4S/c1-19(2)15(18(24)25)21-16(23)14(17(21)26-19)20-9-12-11-6-4-3-5-10(11)7-8-13(12)22/h3-9,14-15,17,22H,1-2H3,(H,24,25)/t14-,15?,17?/m1/s1. The summed E-state index contributed by atoms with van der Waals surface area (Å²) in [6.07, 6.45) is 1.53. The van der Waals surface area contributed by atoms with E-state index < -0.39 is 22.8 Å². The largest absolute Gasteiger partial charge is 0.507 e. The van der Waals surface area contributed by atoms with Crippen molar-refractivity contribution in [3.63, 3.8) is 0 Å². The van der Waals surface area contributed by atoms with Gasteiger partial charge in [0.2, 0.25) is 0 Å². The third-order valence-electron chi connectivity index (χ3n) is 4.96. The molecule has 2 fully saturated rings. The van der Waals surface area contributed by atoms with Crippen LogP contribution in [-0.2, 0) is 9.59 Å². The van der Waals surface area contributed by atoms with Crippen LogP contribution < -0.4 is 0 Å². The molecule has 7 heteroatoms. The topological polar surface area (TPSA) is 90.2 Å². The number of aromatic hydroxyl groups is 1. The highest BCUT2D eigenvalue weighted by Gasteiger charge is 2.63. The second kappa shape index (κ2) is 5.74. The zero-order valence-corrected chi connectivity index (χ0v) is 15.1. The molecule has 1 amide bonds. The summed E-state index contributed by atoms with van der Waals surface area (Å²) < 4.78 is -0.571. The number of aliphatic imine (C=N–C) groups is 1. The third kappa shape index (κ3) is 2.38. The highest BCUT2D eigenvalue weighted by molar-refractivity contribution is 8.01. The van der Waals surface area contributed by atoms with Crippen LogP contribution in [-0.4, -0.2) is 55.4 Å². The monoisotopic (exact) mass is 370 g/mol. The minimum Gasteiger partial charge on any atom is -0.507 e. The zero-order valence-electron chi connectivity index (χ0n) is 14.3. The molecule has 0 bridgehead atoms. The maximum absolute atomic E-state index is 12.5. The fourth-order valence-electron chi connectivity index (χ4n) is 3.70. The number of carboxylic acid groups (broad SMARTS) is 1. The molecule has 3 atom stereocenters. The van der Waals surface area contributed by atoms with Crippen molar-refractivity contribution in [3.05, 3.63) is 42.0 Å². The molecule has 26 heavy (non-hydrogen) atoms. The molecule has 0 aliphatic carbocycles. The molecule has 2 aromatic rings. The summed E-state index contributed by atoms with van der Waals surface area (Å²) in [5, 5.41) is 21.2. The van der Waals surface area contributed by atoms with Gasteiger partial charge in [-0.15, -0.1) is 11.8 Å². The van der Waals surface area contributed by atoms with Gasteiger partial charge in [-0.1, -0.05) is 30.3 Å². The minimum absolute atomic E-state index is 0.0962. The van der Waals surface area contributed by atoms with Crippen LogP contribution in [0.15, 0.2) is 41.4 Å². The summed E-state index contributed by atoms with van der Waals surface area (Å²) in [5.74, 6) is -1.18. The number of amides is 1. The van der Waals surface area contributed by atoms with Crippen LogP contribution in [0.5, 0.6) is 5.75 Å². The van der Waals surface area contributed by atoms with Crippen molar-refractivity contribution in [1.29, 1.82) is 0 Å². The number of β-lactam (4-membered cyclic amide) rings is 1. The van der Waals surface area contributed by atoms with Crippen molar-refractivity contribution in [2.24, 2.45) is 4.99 Å². The highest BCUT2D eigenvalue weighted by Crippen LogP contribution is 2.51. The Balaban J connectivity index is 1.65. The van der Waals surface area contributed by atoms with Crippen LogP contribution in [0.4, 0.5) is 0 Å². The number of fused-ring (bicyclic) bond motifs is 2. The van der Waals surface area contributed by atoms with Gasteiger partial charge < -0.3 is 15.1 Å². The Kier molecular flexibility index (Phi) is 3.73. The average Bonchev–Trinajstić information content (AvgIpc) is 2.85. The number of aliphatic carboxylic acids is 1. The van der Waals surface area contributed by atoms with Gasteiger partial charge in [0.15, 0.2) is 6.04 Å². The predicted octanol–water partition coefficient (Wildman–Crippen LogP) is 2.48. The van der Waals surface area contributed by atoms with Crippen LogP contribution in [0, 0.1) is 0 Å². The lowest BCUT2D eigenvalue weighted by atomic mass is 9.96. The quantitative estimate of drug-likeness (QED) is 0.640. The van der Waals surface area contributed by atoms with E-state index >= 15 is 0 Å². The molecule has 2 aliphatic rings. The SMILES string of the molecule is CC1(C)SC2[C@H](N=Cc3c(O)ccc4ccccc34)C(=O)N2C1C(=O)O. The molecule has 2 saturated heterocycles. The molecule has 6 nitrogen and oxygen atoms in total. The molecule has 0 radical (unpaired) electrons. The van der Waals surface area contributed by atoms with Crippen molar-refractivity contribution < 1.29 is 19.8 Å². The number of carbonyl (C=O) groups excluding carboxylic acids is 1. The molecule has 2 aliphatic heterocycles. The van der Waals surface area contributed by atoms with Crippen molar-refractivity contribution in [1.82, 2.24) is 4.90 Å².